The molecule has 1 atom stereocenters. The number of alkyl halides is 3. The molecule has 0 bridgehead atoms. The fourth-order valence-electron chi connectivity index (χ4n) is 2.34. The van der Waals surface area contributed by atoms with Gasteiger partial charge >= 0.3 is 6.18 Å². The Kier molecular flexibility index (Phi) is 9.65. The Morgan fingerprint density at radius 3 is 2.59 bits per heavy atom. The third-order valence-electron chi connectivity index (χ3n) is 3.65. The van der Waals surface area contributed by atoms with Crippen molar-refractivity contribution in [1.29, 1.82) is 5.26 Å². The lowest BCUT2D eigenvalue weighted by Gasteiger charge is -2.19. The molecule has 150 valence electrons. The molecule has 0 aliphatic carbocycles. The van der Waals surface area contributed by atoms with Crippen molar-refractivity contribution < 1.29 is 27.4 Å². The largest absolute Gasteiger partial charge is 0.481 e. The molecule has 1 aromatic rings. The van der Waals surface area contributed by atoms with Gasteiger partial charge in [0.05, 0.1) is 17.2 Å². The minimum Gasteiger partial charge on any atom is -0.481 e. The molecule has 0 aliphatic heterocycles. The van der Waals surface area contributed by atoms with Crippen molar-refractivity contribution in [3.8, 4) is 11.8 Å². The Bertz CT molecular complexity index is 642. The van der Waals surface area contributed by atoms with Crippen LogP contribution in [-0.4, -0.2) is 31.8 Å². The Morgan fingerprint density at radius 1 is 1.26 bits per heavy atom. The molecule has 1 N–H and O–H groups in total. The van der Waals surface area contributed by atoms with Gasteiger partial charge in [-0.25, -0.2) is 0 Å². The Hall–Kier alpha value is -2.27. The minimum absolute atomic E-state index is 0.0961. The first-order valence-electron chi connectivity index (χ1n) is 8.96. The third kappa shape index (κ3) is 7.87. The summed E-state index contributed by atoms with van der Waals surface area (Å²) in [7, 11) is 0. The highest BCUT2D eigenvalue weighted by atomic mass is 19.4. The quantitative estimate of drug-likeness (QED) is 0.582. The number of benzene rings is 1. The molecule has 1 aromatic carbocycles. The summed E-state index contributed by atoms with van der Waals surface area (Å²) in [5, 5.41) is 11.5. The van der Waals surface area contributed by atoms with Crippen LogP contribution in [0, 0.1) is 11.3 Å². The maximum atomic E-state index is 13.1. The molecule has 5 nitrogen and oxygen atoms in total. The van der Waals surface area contributed by atoms with E-state index >= 15 is 0 Å². The van der Waals surface area contributed by atoms with E-state index in [0.29, 0.717) is 39.0 Å². The van der Waals surface area contributed by atoms with E-state index in [-0.39, 0.29) is 11.7 Å². The van der Waals surface area contributed by atoms with Gasteiger partial charge in [0.15, 0.2) is 6.10 Å². The number of nitrogens with one attached hydrogen (secondary N) is 1. The number of carbonyl (C=O) groups excluding carboxylic acids is 1. The van der Waals surface area contributed by atoms with Crippen LogP contribution in [0.15, 0.2) is 18.2 Å². The predicted octanol–water partition coefficient (Wildman–Crippen LogP) is 4.06. The maximum Gasteiger partial charge on any atom is 0.417 e. The van der Waals surface area contributed by atoms with E-state index in [1.807, 2.05) is 13.8 Å². The highest BCUT2D eigenvalue weighted by Crippen LogP contribution is 2.34. The lowest BCUT2D eigenvalue weighted by atomic mass is 10.1. The summed E-state index contributed by atoms with van der Waals surface area (Å²) in [6, 6.07) is 4.58. The molecule has 27 heavy (non-hydrogen) atoms. The van der Waals surface area contributed by atoms with Gasteiger partial charge in [-0.15, -0.1) is 0 Å². The van der Waals surface area contributed by atoms with E-state index < -0.39 is 23.4 Å². The molecule has 0 heterocycles. The molecule has 0 fully saturated rings. The van der Waals surface area contributed by atoms with E-state index in [4.69, 9.17) is 14.7 Å². The molecule has 0 saturated heterocycles. The minimum atomic E-state index is -4.68. The fourth-order valence-corrected chi connectivity index (χ4v) is 2.34. The van der Waals surface area contributed by atoms with E-state index in [1.54, 1.807) is 0 Å². The lowest BCUT2D eigenvalue weighted by Crippen LogP contribution is -2.39. The molecule has 8 heteroatoms. The van der Waals surface area contributed by atoms with Crippen LogP contribution in [0.1, 0.15) is 50.7 Å². The van der Waals surface area contributed by atoms with Crippen molar-refractivity contribution in [2.24, 2.45) is 0 Å². The molecule has 1 amide bonds. The lowest BCUT2D eigenvalue weighted by molar-refractivity contribution is -0.137. The average Bonchev–Trinajstić information content (AvgIpc) is 2.63. The molecule has 0 aliphatic rings. The summed E-state index contributed by atoms with van der Waals surface area (Å²) < 4.78 is 50.0. The molecular formula is C19H25F3N2O3. The first-order chi connectivity index (χ1) is 12.8. The van der Waals surface area contributed by atoms with Crippen LogP contribution in [0.3, 0.4) is 0 Å². The number of nitriles is 1. The summed E-state index contributed by atoms with van der Waals surface area (Å²) in [6.07, 6.45) is -3.03. The van der Waals surface area contributed by atoms with Gasteiger partial charge in [-0.3, -0.25) is 4.79 Å². The number of halogens is 3. The summed E-state index contributed by atoms with van der Waals surface area (Å²) in [4.78, 5) is 12.3. The van der Waals surface area contributed by atoms with E-state index in [0.717, 1.165) is 18.6 Å². The van der Waals surface area contributed by atoms with Gasteiger partial charge in [0.2, 0.25) is 0 Å². The van der Waals surface area contributed by atoms with Crippen LogP contribution in [0.25, 0.3) is 0 Å². The zero-order valence-electron chi connectivity index (χ0n) is 15.6. The number of rotatable bonds is 11. The molecule has 0 radical (unpaired) electrons. The second kappa shape index (κ2) is 11.4. The Labute approximate surface area is 157 Å². The second-order valence-corrected chi connectivity index (χ2v) is 5.97. The maximum absolute atomic E-state index is 13.1. The van der Waals surface area contributed by atoms with Gasteiger partial charge in [-0.1, -0.05) is 20.3 Å². The Morgan fingerprint density at radius 2 is 2.00 bits per heavy atom. The highest BCUT2D eigenvalue weighted by Gasteiger charge is 2.34. The normalized spacial score (nSPS) is 12.3. The van der Waals surface area contributed by atoms with Crippen molar-refractivity contribution in [3.05, 3.63) is 29.3 Å². The van der Waals surface area contributed by atoms with E-state index in [2.05, 4.69) is 5.32 Å². The van der Waals surface area contributed by atoms with Gasteiger partial charge in [-0.05, 0) is 37.5 Å². The van der Waals surface area contributed by atoms with Crippen molar-refractivity contribution in [2.75, 3.05) is 19.8 Å². The number of ether oxygens (including phenoxy) is 2. The van der Waals surface area contributed by atoms with Gasteiger partial charge in [0.25, 0.3) is 5.91 Å². The van der Waals surface area contributed by atoms with Gasteiger partial charge in [0.1, 0.15) is 5.75 Å². The summed E-state index contributed by atoms with van der Waals surface area (Å²) in [5.41, 5.74) is -1.57. The number of nitrogens with zero attached hydrogens (tertiary/aromatic N) is 1. The van der Waals surface area contributed by atoms with E-state index in [1.165, 1.54) is 12.1 Å². The second-order valence-electron chi connectivity index (χ2n) is 5.97. The standard InChI is InChI=1S/C19H25F3N2O3/c1-3-6-17(18(25)24-9-5-11-26-10-4-2)27-15-8-7-14(13-23)16(12-15)19(20,21)22/h7-8,12,17H,3-6,9-11H2,1-2H3,(H,24,25). The number of carbonyl (C=O) groups is 1. The summed E-state index contributed by atoms with van der Waals surface area (Å²) in [6.45, 7) is 5.44. The van der Waals surface area contributed by atoms with Crippen molar-refractivity contribution in [1.82, 2.24) is 5.32 Å². The number of hydrogen-bond donors (Lipinski definition) is 1. The summed E-state index contributed by atoms with van der Waals surface area (Å²) >= 11 is 0. The highest BCUT2D eigenvalue weighted by molar-refractivity contribution is 5.81. The van der Waals surface area contributed by atoms with Crippen molar-refractivity contribution in [3.63, 3.8) is 0 Å². The van der Waals surface area contributed by atoms with Crippen LogP contribution >= 0.6 is 0 Å². The van der Waals surface area contributed by atoms with Crippen LogP contribution in [-0.2, 0) is 15.7 Å². The van der Waals surface area contributed by atoms with Crippen molar-refractivity contribution >= 4 is 5.91 Å². The van der Waals surface area contributed by atoms with Crippen LogP contribution in [0.4, 0.5) is 13.2 Å². The molecule has 1 rings (SSSR count). The monoisotopic (exact) mass is 386 g/mol. The van der Waals surface area contributed by atoms with Crippen molar-refractivity contribution in [2.45, 2.75) is 51.8 Å². The zero-order valence-corrected chi connectivity index (χ0v) is 15.6. The molecular weight excluding hydrogens is 361 g/mol. The molecule has 0 spiro atoms. The average molecular weight is 386 g/mol. The zero-order chi connectivity index (χ0) is 20.3. The van der Waals surface area contributed by atoms with Gasteiger partial charge < -0.3 is 14.8 Å². The smallest absolute Gasteiger partial charge is 0.417 e. The Balaban J connectivity index is 2.73. The summed E-state index contributed by atoms with van der Waals surface area (Å²) in [5.74, 6) is -0.480. The first-order valence-corrected chi connectivity index (χ1v) is 8.96. The number of amides is 1. The van der Waals surface area contributed by atoms with Gasteiger partial charge in [0, 0.05) is 19.8 Å². The predicted molar refractivity (Wildman–Crippen MR) is 94.2 cm³/mol. The number of hydrogen-bond acceptors (Lipinski definition) is 4. The molecule has 1 unspecified atom stereocenters. The first kappa shape index (κ1) is 22.8. The van der Waals surface area contributed by atoms with Crippen LogP contribution in [0.5, 0.6) is 5.75 Å². The van der Waals surface area contributed by atoms with E-state index in [9.17, 15) is 18.0 Å². The molecule has 0 saturated carbocycles. The van der Waals surface area contributed by atoms with Crippen LogP contribution < -0.4 is 10.1 Å². The SMILES string of the molecule is CCCOCCCNC(=O)C(CCC)Oc1ccc(C#N)c(C(F)(F)F)c1. The van der Waals surface area contributed by atoms with Crippen LogP contribution in [0.2, 0.25) is 0 Å². The van der Waals surface area contributed by atoms with Gasteiger partial charge in [-0.2, -0.15) is 18.4 Å². The fraction of sp³-hybridized carbons (Fsp3) is 0.579. The third-order valence-corrected chi connectivity index (χ3v) is 3.65. The topological polar surface area (TPSA) is 71.3 Å². The molecule has 0 aromatic heterocycles.